The summed E-state index contributed by atoms with van der Waals surface area (Å²) in [7, 11) is 0. The maximum absolute atomic E-state index is 11.7. The van der Waals surface area contributed by atoms with Crippen molar-refractivity contribution in [3.8, 4) is 5.75 Å². The molecule has 1 aliphatic heterocycles. The van der Waals surface area contributed by atoms with Crippen molar-refractivity contribution in [1.29, 1.82) is 0 Å². The zero-order valence-electron chi connectivity index (χ0n) is 19.3. The summed E-state index contributed by atoms with van der Waals surface area (Å²) in [6, 6.07) is 15.0. The summed E-state index contributed by atoms with van der Waals surface area (Å²) >= 11 is 5.59. The molecule has 1 heterocycles. The molecule has 4 atom stereocenters. The second kappa shape index (κ2) is 11.2. The SMILES string of the molecule is CC(=O)O[C@@H]1[C@@H](OC(C)=O)[C@H](Oc2ccc(C(=S)c3ccc(C)cc3)cc2)OC[C@H]1OC(C)=O. The van der Waals surface area contributed by atoms with Crippen LogP contribution >= 0.6 is 12.2 Å². The maximum atomic E-state index is 11.7. The molecule has 3 rings (SSSR count). The average Bonchev–Trinajstić information content (AvgIpc) is 2.77. The Morgan fingerprint density at radius 3 is 1.82 bits per heavy atom. The van der Waals surface area contributed by atoms with Crippen LogP contribution in [0.3, 0.4) is 0 Å². The molecular formula is C25H26O8S. The van der Waals surface area contributed by atoms with E-state index in [4.69, 9.17) is 35.9 Å². The number of thiocarbonyl (C=S) groups is 1. The number of carbonyl (C=O) groups excluding carboxylic acids is 3. The molecule has 0 amide bonds. The Kier molecular flexibility index (Phi) is 8.36. The first kappa shape index (κ1) is 25.3. The molecule has 1 aliphatic rings. The molecule has 0 saturated carbocycles. The second-order valence-corrected chi connectivity index (χ2v) is 8.24. The van der Waals surface area contributed by atoms with Crippen LogP contribution in [0.25, 0.3) is 0 Å². The number of ether oxygens (including phenoxy) is 5. The molecule has 2 aromatic rings. The summed E-state index contributed by atoms with van der Waals surface area (Å²) in [6.07, 6.45) is -4.32. The summed E-state index contributed by atoms with van der Waals surface area (Å²) in [4.78, 5) is 35.6. The molecule has 1 fully saturated rings. The zero-order chi connectivity index (χ0) is 24.8. The molecule has 0 bridgehead atoms. The first-order valence-corrected chi connectivity index (χ1v) is 11.1. The van der Waals surface area contributed by atoms with E-state index in [9.17, 15) is 14.4 Å². The third kappa shape index (κ3) is 6.61. The largest absolute Gasteiger partial charge is 0.461 e. The molecule has 34 heavy (non-hydrogen) atoms. The molecule has 1 saturated heterocycles. The van der Waals surface area contributed by atoms with Gasteiger partial charge in [-0.1, -0.05) is 42.0 Å². The lowest BCUT2D eigenvalue weighted by Gasteiger charge is -2.40. The van der Waals surface area contributed by atoms with Crippen molar-refractivity contribution in [2.75, 3.05) is 6.61 Å². The normalized spacial score (nSPS) is 21.8. The fourth-order valence-corrected chi connectivity index (χ4v) is 3.77. The second-order valence-electron chi connectivity index (χ2n) is 7.84. The first-order chi connectivity index (χ1) is 16.1. The van der Waals surface area contributed by atoms with Crippen molar-refractivity contribution in [2.24, 2.45) is 0 Å². The Morgan fingerprint density at radius 1 is 0.794 bits per heavy atom. The zero-order valence-corrected chi connectivity index (χ0v) is 20.1. The van der Waals surface area contributed by atoms with E-state index in [1.165, 1.54) is 20.8 Å². The van der Waals surface area contributed by atoms with Gasteiger partial charge in [0.05, 0.1) is 11.5 Å². The molecule has 2 aromatic carbocycles. The van der Waals surface area contributed by atoms with Crippen LogP contribution in [0.4, 0.5) is 0 Å². The van der Waals surface area contributed by atoms with Crippen molar-refractivity contribution >= 4 is 35.0 Å². The van der Waals surface area contributed by atoms with Crippen LogP contribution in [-0.2, 0) is 33.3 Å². The van der Waals surface area contributed by atoms with Crippen molar-refractivity contribution in [2.45, 2.75) is 52.3 Å². The first-order valence-electron chi connectivity index (χ1n) is 10.7. The molecule has 0 spiro atoms. The number of hydrogen-bond acceptors (Lipinski definition) is 9. The van der Waals surface area contributed by atoms with Crippen LogP contribution in [0, 0.1) is 6.92 Å². The standard InChI is InChI=1S/C25H26O8S/c1-14-5-7-18(8-6-14)24(34)19-9-11-20(12-10-19)33-25-23(32-17(4)28)22(31-16(3)27)21(13-29-25)30-15(2)26/h5-12,21-23,25H,13H2,1-4H3/t21-,22+,23-,25+/m1/s1. The van der Waals surface area contributed by atoms with Crippen LogP contribution in [0.5, 0.6) is 5.75 Å². The van der Waals surface area contributed by atoms with Gasteiger partial charge in [0, 0.05) is 20.8 Å². The molecule has 0 radical (unpaired) electrons. The lowest BCUT2D eigenvalue weighted by molar-refractivity contribution is -0.259. The monoisotopic (exact) mass is 486 g/mol. The lowest BCUT2D eigenvalue weighted by Crippen LogP contribution is -2.59. The molecular weight excluding hydrogens is 460 g/mol. The van der Waals surface area contributed by atoms with E-state index in [-0.39, 0.29) is 6.61 Å². The Morgan fingerprint density at radius 2 is 1.29 bits per heavy atom. The Balaban J connectivity index is 1.78. The average molecular weight is 487 g/mol. The summed E-state index contributed by atoms with van der Waals surface area (Å²) < 4.78 is 27.5. The summed E-state index contributed by atoms with van der Waals surface area (Å²) in [5.41, 5.74) is 2.91. The third-order valence-electron chi connectivity index (χ3n) is 4.99. The third-order valence-corrected chi connectivity index (χ3v) is 5.46. The number of hydrogen-bond donors (Lipinski definition) is 0. The number of rotatable bonds is 7. The highest BCUT2D eigenvalue weighted by Crippen LogP contribution is 2.27. The van der Waals surface area contributed by atoms with Gasteiger partial charge in [-0.15, -0.1) is 0 Å². The van der Waals surface area contributed by atoms with Gasteiger partial charge in [0.25, 0.3) is 0 Å². The fraction of sp³-hybridized carbons (Fsp3) is 0.360. The van der Waals surface area contributed by atoms with E-state index < -0.39 is 42.5 Å². The van der Waals surface area contributed by atoms with Gasteiger partial charge >= 0.3 is 17.9 Å². The molecule has 8 nitrogen and oxygen atoms in total. The lowest BCUT2D eigenvalue weighted by atomic mass is 10.0. The highest BCUT2D eigenvalue weighted by Gasteiger charge is 2.48. The van der Waals surface area contributed by atoms with Crippen molar-refractivity contribution in [1.82, 2.24) is 0 Å². The minimum absolute atomic E-state index is 0.116. The van der Waals surface area contributed by atoms with Crippen molar-refractivity contribution < 1.29 is 38.1 Å². The number of aryl methyl sites for hydroxylation is 1. The highest BCUT2D eigenvalue weighted by atomic mass is 32.1. The topological polar surface area (TPSA) is 97.4 Å². The van der Waals surface area contributed by atoms with Crippen LogP contribution in [0.1, 0.15) is 37.5 Å². The Hall–Kier alpha value is -3.30. The number of carbonyl (C=O) groups is 3. The van der Waals surface area contributed by atoms with Gasteiger partial charge in [-0.05, 0) is 42.3 Å². The van der Waals surface area contributed by atoms with Gasteiger partial charge in [0.2, 0.25) is 12.4 Å². The summed E-state index contributed by atoms with van der Waals surface area (Å²) in [6.45, 7) is 5.52. The van der Waals surface area contributed by atoms with Gasteiger partial charge in [0.15, 0.2) is 12.2 Å². The Labute approximate surface area is 203 Å². The van der Waals surface area contributed by atoms with Gasteiger partial charge in [0.1, 0.15) is 5.75 Å². The van der Waals surface area contributed by atoms with E-state index in [1.807, 2.05) is 43.3 Å². The van der Waals surface area contributed by atoms with E-state index in [1.54, 1.807) is 12.1 Å². The van der Waals surface area contributed by atoms with Crippen molar-refractivity contribution in [3.63, 3.8) is 0 Å². The Bertz CT molecular complexity index is 1050. The van der Waals surface area contributed by atoms with Gasteiger partial charge in [-0.25, -0.2) is 0 Å². The van der Waals surface area contributed by atoms with E-state index in [0.29, 0.717) is 10.6 Å². The molecule has 0 aromatic heterocycles. The minimum Gasteiger partial charge on any atom is -0.461 e. The van der Waals surface area contributed by atoms with Crippen molar-refractivity contribution in [3.05, 3.63) is 65.2 Å². The molecule has 0 unspecified atom stereocenters. The number of esters is 3. The van der Waals surface area contributed by atoms with E-state index in [2.05, 4.69) is 0 Å². The van der Waals surface area contributed by atoms with Crippen LogP contribution < -0.4 is 4.74 Å². The van der Waals surface area contributed by atoms with E-state index in [0.717, 1.165) is 16.7 Å². The molecule has 180 valence electrons. The predicted octanol–water partition coefficient (Wildman–Crippen LogP) is 3.29. The molecule has 0 aliphatic carbocycles. The smallest absolute Gasteiger partial charge is 0.303 e. The fourth-order valence-electron chi connectivity index (χ4n) is 3.50. The summed E-state index contributed by atoms with van der Waals surface area (Å²) in [5, 5.41) is 0. The van der Waals surface area contributed by atoms with Gasteiger partial charge in [-0.2, -0.15) is 0 Å². The van der Waals surface area contributed by atoms with Gasteiger partial charge < -0.3 is 23.7 Å². The van der Waals surface area contributed by atoms with E-state index >= 15 is 0 Å². The number of benzene rings is 2. The summed E-state index contributed by atoms with van der Waals surface area (Å²) in [5.74, 6) is -1.44. The van der Waals surface area contributed by atoms with Crippen LogP contribution in [-0.4, -0.2) is 54.0 Å². The molecule has 9 heteroatoms. The van der Waals surface area contributed by atoms with Gasteiger partial charge in [-0.3, -0.25) is 14.4 Å². The van der Waals surface area contributed by atoms with Crippen LogP contribution in [0.15, 0.2) is 48.5 Å². The minimum atomic E-state index is -1.16. The highest BCUT2D eigenvalue weighted by molar-refractivity contribution is 7.81. The van der Waals surface area contributed by atoms with Crippen LogP contribution in [0.2, 0.25) is 0 Å². The quantitative estimate of drug-likeness (QED) is 0.253. The predicted molar refractivity (Wildman–Crippen MR) is 125 cm³/mol. The maximum Gasteiger partial charge on any atom is 0.303 e. The molecule has 0 N–H and O–H groups in total.